The number of sulfonamides is 1. The lowest BCUT2D eigenvalue weighted by Crippen LogP contribution is -2.14. The number of benzene rings is 2. The molecule has 1 saturated carbocycles. The summed E-state index contributed by atoms with van der Waals surface area (Å²) in [6.45, 7) is 0. The molecule has 2 aromatic carbocycles. The van der Waals surface area contributed by atoms with E-state index in [2.05, 4.69) is 10.0 Å². The van der Waals surface area contributed by atoms with Gasteiger partial charge in [0.15, 0.2) is 11.6 Å². The molecule has 2 aliphatic rings. The molecule has 0 spiro atoms. The number of carbonyl (C=O) groups is 1. The summed E-state index contributed by atoms with van der Waals surface area (Å²) in [5, 5.41) is 2.65. The van der Waals surface area contributed by atoms with Crippen LogP contribution in [-0.4, -0.2) is 20.4 Å². The number of halogens is 1. The van der Waals surface area contributed by atoms with Gasteiger partial charge in [-0.2, -0.15) is 0 Å². The summed E-state index contributed by atoms with van der Waals surface area (Å²) in [5.41, 5.74) is 1.34. The van der Waals surface area contributed by atoms with E-state index in [1.807, 2.05) is 0 Å². The quantitative estimate of drug-likeness (QED) is 0.819. The zero-order valence-electron chi connectivity index (χ0n) is 14.5. The summed E-state index contributed by atoms with van der Waals surface area (Å²) in [4.78, 5) is 11.4. The number of anilines is 2. The van der Waals surface area contributed by atoms with Crippen molar-refractivity contribution in [3.8, 4) is 5.75 Å². The van der Waals surface area contributed by atoms with Crippen molar-refractivity contribution in [2.45, 2.75) is 43.1 Å². The van der Waals surface area contributed by atoms with Crippen LogP contribution in [0.1, 0.15) is 31.2 Å². The highest BCUT2D eigenvalue weighted by atomic mass is 32.2. The van der Waals surface area contributed by atoms with Crippen molar-refractivity contribution in [2.75, 3.05) is 10.0 Å². The van der Waals surface area contributed by atoms with Crippen LogP contribution in [0.25, 0.3) is 0 Å². The molecule has 0 radical (unpaired) electrons. The number of amides is 1. The van der Waals surface area contributed by atoms with Gasteiger partial charge >= 0.3 is 0 Å². The minimum Gasteiger partial charge on any atom is -0.487 e. The maximum Gasteiger partial charge on any atom is 0.261 e. The Morgan fingerprint density at radius 1 is 1.11 bits per heavy atom. The molecular weight excluding hydrogens is 371 g/mol. The summed E-state index contributed by atoms with van der Waals surface area (Å²) in [6.07, 6.45) is 4.12. The molecule has 0 aromatic heterocycles. The van der Waals surface area contributed by atoms with E-state index in [-0.39, 0.29) is 34.8 Å². The number of hydrogen-bond donors (Lipinski definition) is 2. The van der Waals surface area contributed by atoms with Crippen LogP contribution in [0, 0.1) is 5.82 Å². The normalized spacial score (nSPS) is 16.9. The number of carbonyl (C=O) groups excluding carboxylic acids is 1. The standard InChI is InChI=1S/C19H19FN2O4S/c20-16-11-13(5-8-18(16)26-14-3-1-2-4-14)22-27(24,25)15-6-7-17-12(9-15)10-19(23)21-17/h5-9,11,14,22H,1-4,10H2,(H,21,23). The average Bonchev–Trinajstić information content (AvgIpc) is 3.24. The minimum absolute atomic E-state index is 0.0180. The maximum atomic E-state index is 14.3. The molecule has 0 atom stereocenters. The first-order valence-electron chi connectivity index (χ1n) is 8.82. The summed E-state index contributed by atoms with van der Waals surface area (Å²) >= 11 is 0. The minimum atomic E-state index is -3.90. The van der Waals surface area contributed by atoms with Crippen LogP contribution < -0.4 is 14.8 Å². The van der Waals surface area contributed by atoms with Gasteiger partial charge in [0.2, 0.25) is 5.91 Å². The molecule has 2 aromatic rings. The Kier molecular flexibility index (Phi) is 4.51. The van der Waals surface area contributed by atoms with Crippen molar-refractivity contribution in [1.82, 2.24) is 0 Å². The van der Waals surface area contributed by atoms with Gasteiger partial charge in [-0.15, -0.1) is 0 Å². The van der Waals surface area contributed by atoms with Crippen molar-refractivity contribution in [3.63, 3.8) is 0 Å². The van der Waals surface area contributed by atoms with Gasteiger partial charge in [-0.25, -0.2) is 12.8 Å². The summed E-state index contributed by atoms with van der Waals surface area (Å²) in [5.74, 6) is -0.648. The first-order valence-corrected chi connectivity index (χ1v) is 10.3. The van der Waals surface area contributed by atoms with Gasteiger partial charge in [0.1, 0.15) is 0 Å². The molecule has 2 N–H and O–H groups in total. The highest BCUT2D eigenvalue weighted by molar-refractivity contribution is 7.92. The van der Waals surface area contributed by atoms with Gasteiger partial charge in [0, 0.05) is 11.8 Å². The lowest BCUT2D eigenvalue weighted by Gasteiger charge is -2.15. The number of hydrogen-bond acceptors (Lipinski definition) is 4. The van der Waals surface area contributed by atoms with Crippen LogP contribution in [0.2, 0.25) is 0 Å². The van der Waals surface area contributed by atoms with Gasteiger partial charge in [-0.1, -0.05) is 0 Å². The Morgan fingerprint density at radius 3 is 2.63 bits per heavy atom. The molecular formula is C19H19FN2O4S. The number of nitrogens with one attached hydrogen (secondary N) is 2. The van der Waals surface area contributed by atoms with Crippen LogP contribution >= 0.6 is 0 Å². The summed E-state index contributed by atoms with van der Waals surface area (Å²) < 4.78 is 47.5. The van der Waals surface area contributed by atoms with E-state index in [9.17, 15) is 17.6 Å². The summed E-state index contributed by atoms with van der Waals surface area (Å²) in [6, 6.07) is 8.43. The lowest BCUT2D eigenvalue weighted by molar-refractivity contribution is -0.115. The van der Waals surface area contributed by atoms with Crippen LogP contribution in [0.3, 0.4) is 0 Å². The van der Waals surface area contributed by atoms with E-state index in [0.717, 1.165) is 31.7 Å². The highest BCUT2D eigenvalue weighted by Crippen LogP contribution is 2.30. The predicted molar refractivity (Wildman–Crippen MR) is 98.9 cm³/mol. The second kappa shape index (κ2) is 6.84. The van der Waals surface area contributed by atoms with Crippen molar-refractivity contribution < 1.29 is 22.3 Å². The number of rotatable bonds is 5. The van der Waals surface area contributed by atoms with Gasteiger partial charge in [0.05, 0.1) is 23.1 Å². The molecule has 1 fully saturated rings. The zero-order valence-corrected chi connectivity index (χ0v) is 15.3. The average molecular weight is 390 g/mol. The topological polar surface area (TPSA) is 84.5 Å². The number of ether oxygens (including phenoxy) is 1. The molecule has 0 saturated heterocycles. The van der Waals surface area contributed by atoms with Crippen LogP contribution in [0.15, 0.2) is 41.3 Å². The van der Waals surface area contributed by atoms with Gasteiger partial charge < -0.3 is 10.1 Å². The van der Waals surface area contributed by atoms with E-state index >= 15 is 0 Å². The lowest BCUT2D eigenvalue weighted by atomic mass is 10.2. The van der Waals surface area contributed by atoms with Gasteiger partial charge in [-0.05, 0) is 61.6 Å². The molecule has 1 aliphatic carbocycles. The molecule has 8 heteroatoms. The summed E-state index contributed by atoms with van der Waals surface area (Å²) in [7, 11) is -3.90. The maximum absolute atomic E-state index is 14.3. The Hall–Kier alpha value is -2.61. The van der Waals surface area contributed by atoms with Gasteiger partial charge in [-0.3, -0.25) is 9.52 Å². The third kappa shape index (κ3) is 3.75. The molecule has 6 nitrogen and oxygen atoms in total. The SMILES string of the molecule is O=C1Cc2cc(S(=O)(=O)Nc3ccc(OC4CCCC4)c(F)c3)ccc2N1. The first kappa shape index (κ1) is 17.8. The smallest absolute Gasteiger partial charge is 0.261 e. The molecule has 1 aliphatic heterocycles. The fraction of sp³-hybridized carbons (Fsp3) is 0.316. The van der Waals surface area contributed by atoms with E-state index in [4.69, 9.17) is 4.74 Å². The fourth-order valence-electron chi connectivity index (χ4n) is 3.43. The second-order valence-electron chi connectivity index (χ2n) is 6.82. The molecule has 4 rings (SSSR count). The Bertz CT molecular complexity index is 1000. The first-order chi connectivity index (χ1) is 12.9. The Balaban J connectivity index is 1.52. The van der Waals surface area contributed by atoms with E-state index < -0.39 is 15.8 Å². The van der Waals surface area contributed by atoms with Crippen molar-refractivity contribution >= 4 is 27.3 Å². The van der Waals surface area contributed by atoms with Gasteiger partial charge in [0.25, 0.3) is 10.0 Å². The fourth-order valence-corrected chi connectivity index (χ4v) is 4.53. The zero-order chi connectivity index (χ0) is 19.0. The monoisotopic (exact) mass is 390 g/mol. The van der Waals surface area contributed by atoms with Crippen molar-refractivity contribution in [1.29, 1.82) is 0 Å². The van der Waals surface area contributed by atoms with Crippen LogP contribution in [0.5, 0.6) is 5.75 Å². The molecule has 0 bridgehead atoms. The molecule has 1 amide bonds. The second-order valence-corrected chi connectivity index (χ2v) is 8.50. The van der Waals surface area contributed by atoms with Crippen LogP contribution in [-0.2, 0) is 21.2 Å². The largest absolute Gasteiger partial charge is 0.487 e. The van der Waals surface area contributed by atoms with Crippen molar-refractivity contribution in [2.24, 2.45) is 0 Å². The predicted octanol–water partition coefficient (Wildman–Crippen LogP) is 3.44. The molecule has 27 heavy (non-hydrogen) atoms. The highest BCUT2D eigenvalue weighted by Gasteiger charge is 2.23. The molecule has 0 unspecified atom stereocenters. The third-order valence-electron chi connectivity index (χ3n) is 4.79. The molecule has 1 heterocycles. The van der Waals surface area contributed by atoms with E-state index in [0.29, 0.717) is 11.3 Å². The van der Waals surface area contributed by atoms with Crippen molar-refractivity contribution in [3.05, 3.63) is 47.8 Å². The van der Waals surface area contributed by atoms with Crippen LogP contribution in [0.4, 0.5) is 15.8 Å². The Morgan fingerprint density at radius 2 is 1.89 bits per heavy atom. The Labute approximate surface area is 156 Å². The third-order valence-corrected chi connectivity index (χ3v) is 6.17. The van der Waals surface area contributed by atoms with E-state index in [1.54, 1.807) is 6.07 Å². The van der Waals surface area contributed by atoms with E-state index in [1.165, 1.54) is 24.3 Å². The molecule has 142 valence electrons. The number of fused-ring (bicyclic) bond motifs is 1.